The van der Waals surface area contributed by atoms with Crippen molar-refractivity contribution in [2.24, 2.45) is 17.6 Å². The molecule has 0 aliphatic heterocycles. The van der Waals surface area contributed by atoms with Crippen molar-refractivity contribution in [1.29, 1.82) is 0 Å². The summed E-state index contributed by atoms with van der Waals surface area (Å²) in [5.74, 6) is 1.50. The van der Waals surface area contributed by atoms with Crippen LogP contribution in [0.25, 0.3) is 0 Å². The SMILES string of the molecule is COC1(C(N)CCC(C)C)CCCC(C)C1. The van der Waals surface area contributed by atoms with Crippen molar-refractivity contribution in [3.8, 4) is 0 Å². The summed E-state index contributed by atoms with van der Waals surface area (Å²) in [6.07, 6.45) is 7.20. The van der Waals surface area contributed by atoms with Gasteiger partial charge in [-0.2, -0.15) is 0 Å². The first kappa shape index (κ1) is 14.0. The Kier molecular flexibility index (Phi) is 5.26. The fourth-order valence-electron chi connectivity index (χ4n) is 2.99. The molecule has 96 valence electrons. The molecule has 1 fully saturated rings. The molecule has 0 amide bonds. The molecule has 1 rings (SSSR count). The number of hydrogen-bond acceptors (Lipinski definition) is 2. The Morgan fingerprint density at radius 3 is 2.56 bits per heavy atom. The summed E-state index contributed by atoms with van der Waals surface area (Å²) in [6, 6.07) is 0.211. The molecule has 1 aliphatic carbocycles. The highest BCUT2D eigenvalue weighted by Crippen LogP contribution is 2.38. The van der Waals surface area contributed by atoms with E-state index in [9.17, 15) is 0 Å². The summed E-state index contributed by atoms with van der Waals surface area (Å²) in [5.41, 5.74) is 6.34. The van der Waals surface area contributed by atoms with Gasteiger partial charge in [-0.3, -0.25) is 0 Å². The van der Waals surface area contributed by atoms with Gasteiger partial charge in [-0.25, -0.2) is 0 Å². The zero-order valence-corrected chi connectivity index (χ0v) is 11.5. The Bertz CT molecular complexity index is 205. The van der Waals surface area contributed by atoms with Crippen molar-refractivity contribution >= 4 is 0 Å². The average molecular weight is 227 g/mol. The zero-order chi connectivity index (χ0) is 12.2. The molecule has 1 aliphatic rings. The van der Waals surface area contributed by atoms with Crippen LogP contribution in [0.2, 0.25) is 0 Å². The van der Waals surface area contributed by atoms with E-state index in [1.54, 1.807) is 0 Å². The van der Waals surface area contributed by atoms with Crippen LogP contribution in [-0.2, 0) is 4.74 Å². The van der Waals surface area contributed by atoms with Crippen LogP contribution in [0.3, 0.4) is 0 Å². The maximum atomic E-state index is 6.38. The molecule has 0 aromatic carbocycles. The minimum Gasteiger partial charge on any atom is -0.377 e. The predicted octanol–water partition coefficient (Wildman–Crippen LogP) is 3.35. The smallest absolute Gasteiger partial charge is 0.0831 e. The van der Waals surface area contributed by atoms with Gasteiger partial charge in [-0.1, -0.05) is 33.6 Å². The molecule has 0 saturated heterocycles. The summed E-state index contributed by atoms with van der Waals surface area (Å²) < 4.78 is 5.82. The van der Waals surface area contributed by atoms with Crippen LogP contribution < -0.4 is 5.73 Å². The third kappa shape index (κ3) is 3.46. The summed E-state index contributed by atoms with van der Waals surface area (Å²) in [6.45, 7) is 6.84. The number of ether oxygens (including phenoxy) is 1. The minimum atomic E-state index is -0.0352. The molecule has 0 spiro atoms. The molecule has 1 saturated carbocycles. The Labute approximate surface area is 101 Å². The van der Waals surface area contributed by atoms with Gasteiger partial charge in [0.25, 0.3) is 0 Å². The topological polar surface area (TPSA) is 35.2 Å². The Morgan fingerprint density at radius 2 is 2.06 bits per heavy atom. The lowest BCUT2D eigenvalue weighted by atomic mass is 9.73. The van der Waals surface area contributed by atoms with Gasteiger partial charge in [0.15, 0.2) is 0 Å². The number of nitrogens with two attached hydrogens (primary N) is 1. The van der Waals surface area contributed by atoms with E-state index in [-0.39, 0.29) is 11.6 Å². The molecule has 0 aromatic heterocycles. The van der Waals surface area contributed by atoms with E-state index in [0.29, 0.717) is 0 Å². The van der Waals surface area contributed by atoms with Crippen molar-refractivity contribution in [2.45, 2.75) is 70.9 Å². The Balaban J connectivity index is 2.56. The number of rotatable bonds is 5. The second-order valence-corrected chi connectivity index (χ2v) is 6.05. The second-order valence-electron chi connectivity index (χ2n) is 6.05. The van der Waals surface area contributed by atoms with Gasteiger partial charge in [0, 0.05) is 13.2 Å². The van der Waals surface area contributed by atoms with Crippen LogP contribution in [0.1, 0.15) is 59.3 Å². The van der Waals surface area contributed by atoms with Crippen molar-refractivity contribution in [3.05, 3.63) is 0 Å². The highest BCUT2D eigenvalue weighted by Gasteiger charge is 2.39. The normalized spacial score (nSPS) is 33.0. The maximum Gasteiger partial charge on any atom is 0.0831 e. The quantitative estimate of drug-likeness (QED) is 0.781. The zero-order valence-electron chi connectivity index (χ0n) is 11.5. The van der Waals surface area contributed by atoms with Gasteiger partial charge in [-0.15, -0.1) is 0 Å². The molecule has 2 N–H and O–H groups in total. The van der Waals surface area contributed by atoms with Crippen LogP contribution in [0.5, 0.6) is 0 Å². The molecule has 3 atom stereocenters. The van der Waals surface area contributed by atoms with E-state index in [1.165, 1.54) is 19.3 Å². The van der Waals surface area contributed by atoms with E-state index >= 15 is 0 Å². The van der Waals surface area contributed by atoms with Crippen molar-refractivity contribution in [3.63, 3.8) is 0 Å². The first-order valence-corrected chi connectivity index (χ1v) is 6.81. The average Bonchev–Trinajstić information content (AvgIpc) is 2.25. The molecule has 2 heteroatoms. The van der Waals surface area contributed by atoms with E-state index in [4.69, 9.17) is 10.5 Å². The molecule has 0 bridgehead atoms. The highest BCUT2D eigenvalue weighted by molar-refractivity contribution is 4.95. The monoisotopic (exact) mass is 227 g/mol. The molecule has 0 heterocycles. The van der Waals surface area contributed by atoms with Crippen molar-refractivity contribution in [2.75, 3.05) is 7.11 Å². The molecule has 0 radical (unpaired) electrons. The van der Waals surface area contributed by atoms with E-state index in [0.717, 1.165) is 31.1 Å². The molecule has 0 aromatic rings. The Morgan fingerprint density at radius 1 is 1.38 bits per heavy atom. The second kappa shape index (κ2) is 6.02. The van der Waals surface area contributed by atoms with Crippen LogP contribution in [0.15, 0.2) is 0 Å². The molecular weight excluding hydrogens is 198 g/mol. The fourth-order valence-corrected chi connectivity index (χ4v) is 2.99. The van der Waals surface area contributed by atoms with Gasteiger partial charge < -0.3 is 10.5 Å². The van der Waals surface area contributed by atoms with Crippen molar-refractivity contribution < 1.29 is 4.74 Å². The standard InChI is InChI=1S/C14H29NO/c1-11(2)7-8-13(15)14(16-4)9-5-6-12(3)10-14/h11-13H,5-10,15H2,1-4H3. The van der Waals surface area contributed by atoms with Gasteiger partial charge in [0.05, 0.1) is 5.60 Å². The van der Waals surface area contributed by atoms with Crippen molar-refractivity contribution in [1.82, 2.24) is 0 Å². The summed E-state index contributed by atoms with van der Waals surface area (Å²) in [4.78, 5) is 0. The van der Waals surface area contributed by atoms with Crippen LogP contribution in [0.4, 0.5) is 0 Å². The molecule has 16 heavy (non-hydrogen) atoms. The summed E-state index contributed by atoms with van der Waals surface area (Å²) in [5, 5.41) is 0. The fraction of sp³-hybridized carbons (Fsp3) is 1.00. The summed E-state index contributed by atoms with van der Waals surface area (Å²) in [7, 11) is 1.84. The van der Waals surface area contributed by atoms with E-state index in [2.05, 4.69) is 20.8 Å². The van der Waals surface area contributed by atoms with Gasteiger partial charge in [0.2, 0.25) is 0 Å². The highest BCUT2D eigenvalue weighted by atomic mass is 16.5. The Hall–Kier alpha value is -0.0800. The lowest BCUT2D eigenvalue weighted by Gasteiger charge is -2.43. The lowest BCUT2D eigenvalue weighted by molar-refractivity contribution is -0.0730. The van der Waals surface area contributed by atoms with E-state index in [1.807, 2.05) is 7.11 Å². The predicted molar refractivity (Wildman–Crippen MR) is 69.4 cm³/mol. The third-order valence-electron chi connectivity index (χ3n) is 4.13. The van der Waals surface area contributed by atoms with Crippen LogP contribution >= 0.6 is 0 Å². The first-order valence-electron chi connectivity index (χ1n) is 6.81. The first-order chi connectivity index (χ1) is 7.50. The van der Waals surface area contributed by atoms with Gasteiger partial charge >= 0.3 is 0 Å². The van der Waals surface area contributed by atoms with Gasteiger partial charge in [-0.05, 0) is 37.5 Å². The number of hydrogen-bond donors (Lipinski definition) is 1. The maximum absolute atomic E-state index is 6.38. The lowest BCUT2D eigenvalue weighted by Crippen LogP contribution is -2.52. The third-order valence-corrected chi connectivity index (χ3v) is 4.13. The van der Waals surface area contributed by atoms with Crippen LogP contribution in [0, 0.1) is 11.8 Å². The van der Waals surface area contributed by atoms with E-state index < -0.39 is 0 Å². The van der Waals surface area contributed by atoms with Gasteiger partial charge in [0.1, 0.15) is 0 Å². The van der Waals surface area contributed by atoms with Crippen LogP contribution in [-0.4, -0.2) is 18.8 Å². The number of methoxy groups -OCH3 is 1. The molecular formula is C14H29NO. The minimum absolute atomic E-state index is 0.0352. The molecule has 2 nitrogen and oxygen atoms in total. The molecule has 3 unspecified atom stereocenters. The summed E-state index contributed by atoms with van der Waals surface area (Å²) >= 11 is 0. The largest absolute Gasteiger partial charge is 0.377 e.